The summed E-state index contributed by atoms with van der Waals surface area (Å²) in [5.74, 6) is 0.932. The molecule has 0 unspecified atom stereocenters. The molecule has 3 aliphatic rings. The van der Waals surface area contributed by atoms with E-state index in [1.165, 1.54) is 10.5 Å². The molecule has 0 saturated carbocycles. The van der Waals surface area contributed by atoms with E-state index in [0.29, 0.717) is 51.0 Å². The number of aromatic nitrogens is 1. The summed E-state index contributed by atoms with van der Waals surface area (Å²) in [6.45, 7) is 2.92. The largest absolute Gasteiger partial charge is 0.477 e. The van der Waals surface area contributed by atoms with Gasteiger partial charge in [0.1, 0.15) is 6.04 Å². The van der Waals surface area contributed by atoms with Crippen LogP contribution >= 0.6 is 0 Å². The maximum absolute atomic E-state index is 13.0. The van der Waals surface area contributed by atoms with E-state index >= 15 is 0 Å². The Bertz CT molecular complexity index is 1150. The van der Waals surface area contributed by atoms with Gasteiger partial charge in [-0.05, 0) is 66.8 Å². The van der Waals surface area contributed by atoms with Crippen LogP contribution in [-0.2, 0) is 17.8 Å². The van der Waals surface area contributed by atoms with Crippen molar-refractivity contribution >= 4 is 12.0 Å². The molecule has 36 heavy (non-hydrogen) atoms. The van der Waals surface area contributed by atoms with Crippen LogP contribution in [0, 0.1) is 17.2 Å². The van der Waals surface area contributed by atoms with Gasteiger partial charge in [-0.15, -0.1) is 0 Å². The zero-order valence-electron chi connectivity index (χ0n) is 20.2. The third kappa shape index (κ3) is 5.14. The van der Waals surface area contributed by atoms with Gasteiger partial charge in [-0.3, -0.25) is 4.79 Å². The Balaban J connectivity index is 1.17. The second kappa shape index (κ2) is 10.5. The number of carbonyl (C=O) groups is 2. The number of pyridine rings is 1. The van der Waals surface area contributed by atoms with Gasteiger partial charge in [-0.25, -0.2) is 9.78 Å². The predicted octanol–water partition coefficient (Wildman–Crippen LogP) is 3.05. The maximum Gasteiger partial charge on any atom is 0.407 e. The molecule has 9 heteroatoms. The first kappa shape index (κ1) is 24.1. The van der Waals surface area contributed by atoms with Crippen LogP contribution in [0.1, 0.15) is 36.8 Å². The first-order chi connectivity index (χ1) is 17.5. The molecule has 2 aromatic rings. The van der Waals surface area contributed by atoms with Gasteiger partial charge in [0.15, 0.2) is 0 Å². The van der Waals surface area contributed by atoms with E-state index in [2.05, 4.69) is 34.6 Å². The van der Waals surface area contributed by atoms with E-state index in [1.54, 1.807) is 4.90 Å². The number of likely N-dealkylation sites (tertiary alicyclic amines) is 2. The smallest absolute Gasteiger partial charge is 0.407 e. The Morgan fingerprint density at radius 3 is 2.64 bits per heavy atom. The molecule has 1 aromatic heterocycles. The van der Waals surface area contributed by atoms with E-state index in [-0.39, 0.29) is 18.0 Å². The number of amides is 2. The lowest BCUT2D eigenvalue weighted by Gasteiger charge is -2.30. The molecule has 1 aromatic carbocycles. The van der Waals surface area contributed by atoms with Crippen LogP contribution in [-0.4, -0.2) is 70.2 Å². The summed E-state index contributed by atoms with van der Waals surface area (Å²) in [5.41, 5.74) is 4.38. The molecule has 2 fully saturated rings. The highest BCUT2D eigenvalue weighted by molar-refractivity contribution is 5.83. The van der Waals surface area contributed by atoms with Crippen molar-refractivity contribution in [3.8, 4) is 23.1 Å². The molecule has 0 spiro atoms. The number of piperidine rings is 1. The van der Waals surface area contributed by atoms with E-state index < -0.39 is 6.09 Å². The van der Waals surface area contributed by atoms with Gasteiger partial charge in [-0.2, -0.15) is 5.26 Å². The Labute approximate surface area is 210 Å². The number of nitrogens with one attached hydrogen (secondary N) is 1. The standard InChI is InChI=1S/C27H31N5O4/c28-14-23-2-1-9-32(23)26(33)24-13-20-4-3-19(12-22(20)16-29-24)21-5-6-25(30-15-21)36-17-18-7-10-31(11-8-18)27(34)35/h3-6,12,15,18,23-24,29H,1-2,7-11,13,16-17H2,(H,34,35)/t23-,24-/m0/s1. The molecular formula is C27H31N5O4. The van der Waals surface area contributed by atoms with Crippen LogP contribution in [0.25, 0.3) is 11.1 Å². The Morgan fingerprint density at radius 1 is 1.11 bits per heavy atom. The summed E-state index contributed by atoms with van der Waals surface area (Å²) >= 11 is 0. The lowest BCUT2D eigenvalue weighted by Crippen LogP contribution is -2.50. The lowest BCUT2D eigenvalue weighted by atomic mass is 9.92. The quantitative estimate of drug-likeness (QED) is 0.663. The highest BCUT2D eigenvalue weighted by Crippen LogP contribution is 2.28. The first-order valence-corrected chi connectivity index (χ1v) is 12.6. The van der Waals surface area contributed by atoms with Crippen LogP contribution in [0.4, 0.5) is 4.79 Å². The van der Waals surface area contributed by atoms with E-state index in [1.807, 2.05) is 18.3 Å². The van der Waals surface area contributed by atoms with E-state index in [9.17, 15) is 14.9 Å². The van der Waals surface area contributed by atoms with Gasteiger partial charge in [0.05, 0.1) is 18.7 Å². The number of ether oxygens (including phenoxy) is 1. The van der Waals surface area contributed by atoms with Gasteiger partial charge in [-0.1, -0.05) is 12.1 Å². The lowest BCUT2D eigenvalue weighted by molar-refractivity contribution is -0.133. The number of benzene rings is 1. The van der Waals surface area contributed by atoms with Crippen molar-refractivity contribution in [2.24, 2.45) is 5.92 Å². The minimum Gasteiger partial charge on any atom is -0.477 e. The molecule has 4 heterocycles. The monoisotopic (exact) mass is 489 g/mol. The number of fused-ring (bicyclic) bond motifs is 1. The van der Waals surface area contributed by atoms with Gasteiger partial charge >= 0.3 is 6.09 Å². The summed E-state index contributed by atoms with van der Waals surface area (Å²) in [5, 5.41) is 21.8. The summed E-state index contributed by atoms with van der Waals surface area (Å²) in [6.07, 6.45) is 4.84. The highest BCUT2D eigenvalue weighted by atomic mass is 16.5. The van der Waals surface area contributed by atoms with Gasteiger partial charge in [0.2, 0.25) is 11.8 Å². The molecule has 0 radical (unpaired) electrons. The number of nitriles is 1. The van der Waals surface area contributed by atoms with Crippen LogP contribution in [0.2, 0.25) is 0 Å². The fraction of sp³-hybridized carbons (Fsp3) is 0.481. The summed E-state index contributed by atoms with van der Waals surface area (Å²) < 4.78 is 5.87. The van der Waals surface area contributed by atoms with E-state index in [0.717, 1.165) is 42.4 Å². The SMILES string of the molecule is N#C[C@@H]1CCCN1C(=O)[C@@H]1Cc2ccc(-c3ccc(OCC4CCN(C(=O)O)CC4)nc3)cc2CN1. The van der Waals surface area contributed by atoms with Gasteiger partial charge in [0, 0.05) is 44.0 Å². The number of rotatable bonds is 5. The van der Waals surface area contributed by atoms with Crippen molar-refractivity contribution < 1.29 is 19.4 Å². The molecule has 0 bridgehead atoms. The Kier molecular flexibility index (Phi) is 7.05. The molecule has 0 aliphatic carbocycles. The number of nitrogens with zero attached hydrogens (tertiary/aromatic N) is 4. The fourth-order valence-corrected chi connectivity index (χ4v) is 5.36. The number of hydrogen-bond acceptors (Lipinski definition) is 6. The summed E-state index contributed by atoms with van der Waals surface area (Å²) in [7, 11) is 0. The number of carbonyl (C=O) groups excluding carboxylic acids is 1. The molecule has 2 atom stereocenters. The van der Waals surface area contributed by atoms with Crippen LogP contribution in [0.5, 0.6) is 5.88 Å². The van der Waals surface area contributed by atoms with Crippen LogP contribution < -0.4 is 10.1 Å². The average molecular weight is 490 g/mol. The average Bonchev–Trinajstić information content (AvgIpc) is 3.40. The third-order valence-corrected chi connectivity index (χ3v) is 7.57. The maximum atomic E-state index is 13.0. The minimum atomic E-state index is -0.853. The summed E-state index contributed by atoms with van der Waals surface area (Å²) in [4.78, 5) is 31.6. The van der Waals surface area contributed by atoms with Gasteiger partial charge < -0.3 is 25.0 Å². The molecule has 3 aliphatic heterocycles. The van der Waals surface area contributed by atoms with Crippen molar-refractivity contribution in [3.05, 3.63) is 47.7 Å². The second-order valence-corrected chi connectivity index (χ2v) is 9.85. The minimum absolute atomic E-state index is 0.0287. The number of hydrogen-bond donors (Lipinski definition) is 2. The van der Waals surface area contributed by atoms with Crippen LogP contribution in [0.3, 0.4) is 0 Å². The topological polar surface area (TPSA) is 119 Å². The Hall–Kier alpha value is -3.64. The normalized spacial score (nSPS) is 22.1. The Morgan fingerprint density at radius 2 is 1.92 bits per heavy atom. The van der Waals surface area contributed by atoms with Crippen LogP contribution in [0.15, 0.2) is 36.5 Å². The van der Waals surface area contributed by atoms with Crippen molar-refractivity contribution in [1.29, 1.82) is 5.26 Å². The zero-order valence-corrected chi connectivity index (χ0v) is 20.2. The summed E-state index contributed by atoms with van der Waals surface area (Å²) in [6, 6.07) is 11.8. The molecular weight excluding hydrogens is 458 g/mol. The molecule has 5 rings (SSSR count). The predicted molar refractivity (Wildman–Crippen MR) is 132 cm³/mol. The van der Waals surface area contributed by atoms with Crippen molar-refractivity contribution in [2.75, 3.05) is 26.2 Å². The number of carboxylic acid groups (broad SMARTS) is 1. The molecule has 2 saturated heterocycles. The van der Waals surface area contributed by atoms with Crippen molar-refractivity contribution in [2.45, 2.75) is 50.7 Å². The molecule has 188 valence electrons. The third-order valence-electron chi connectivity index (χ3n) is 7.57. The van der Waals surface area contributed by atoms with E-state index in [4.69, 9.17) is 9.84 Å². The second-order valence-electron chi connectivity index (χ2n) is 9.85. The molecule has 9 nitrogen and oxygen atoms in total. The van der Waals surface area contributed by atoms with Crippen molar-refractivity contribution in [1.82, 2.24) is 20.1 Å². The molecule has 2 amide bonds. The van der Waals surface area contributed by atoms with Crippen molar-refractivity contribution in [3.63, 3.8) is 0 Å². The highest BCUT2D eigenvalue weighted by Gasteiger charge is 2.34. The molecule has 2 N–H and O–H groups in total. The zero-order chi connectivity index (χ0) is 25.1. The first-order valence-electron chi connectivity index (χ1n) is 12.6. The van der Waals surface area contributed by atoms with Gasteiger partial charge in [0.25, 0.3) is 0 Å². The fourth-order valence-electron chi connectivity index (χ4n) is 5.36.